The lowest BCUT2D eigenvalue weighted by molar-refractivity contribution is -0.110. The van der Waals surface area contributed by atoms with Gasteiger partial charge in [0.25, 0.3) is 5.91 Å². The summed E-state index contributed by atoms with van der Waals surface area (Å²) in [5, 5.41) is 9.85. The first kappa shape index (κ1) is 25.3. The van der Waals surface area contributed by atoms with Crippen LogP contribution in [0.25, 0.3) is 11.3 Å². The molecule has 8 heteroatoms. The first-order chi connectivity index (χ1) is 17.3. The van der Waals surface area contributed by atoms with E-state index in [4.69, 9.17) is 11.6 Å². The summed E-state index contributed by atoms with van der Waals surface area (Å²) in [6, 6.07) is 22.5. The SMILES string of the molecule is CN(C)CCCNC(=O)N(C)c1ccc(N/C(=C2\C(=O)Nc3cc(Cl)ccc32)c2ccccc2)cc1. The number of benzene rings is 3. The number of rotatable bonds is 8. The van der Waals surface area contributed by atoms with Gasteiger partial charge in [0.15, 0.2) is 0 Å². The van der Waals surface area contributed by atoms with Crippen LogP contribution in [-0.2, 0) is 4.79 Å². The molecule has 3 N–H and O–H groups in total. The molecule has 0 fully saturated rings. The molecule has 0 atom stereocenters. The van der Waals surface area contributed by atoms with Gasteiger partial charge >= 0.3 is 6.03 Å². The molecule has 1 aliphatic heterocycles. The monoisotopic (exact) mass is 503 g/mol. The molecule has 3 aromatic carbocycles. The molecule has 0 spiro atoms. The number of nitrogens with zero attached hydrogens (tertiary/aromatic N) is 2. The molecule has 3 aromatic rings. The molecule has 0 aromatic heterocycles. The average molecular weight is 504 g/mol. The van der Waals surface area contributed by atoms with Gasteiger partial charge in [0.05, 0.1) is 17.0 Å². The van der Waals surface area contributed by atoms with Gasteiger partial charge in [0.1, 0.15) is 0 Å². The van der Waals surface area contributed by atoms with Crippen LogP contribution in [0.5, 0.6) is 0 Å². The van der Waals surface area contributed by atoms with Gasteiger partial charge in [-0.05, 0) is 69.0 Å². The van der Waals surface area contributed by atoms with E-state index in [1.807, 2.05) is 74.8 Å². The molecule has 0 bridgehead atoms. The fourth-order valence-corrected chi connectivity index (χ4v) is 4.19. The van der Waals surface area contributed by atoms with Gasteiger partial charge in [-0.1, -0.05) is 48.0 Å². The van der Waals surface area contributed by atoms with Gasteiger partial charge in [-0.25, -0.2) is 4.79 Å². The van der Waals surface area contributed by atoms with Gasteiger partial charge < -0.3 is 20.9 Å². The third-order valence-corrected chi connectivity index (χ3v) is 6.16. The Hall–Kier alpha value is -3.81. The standard InChI is InChI=1S/C28H30ClN5O2/c1-33(2)17-7-16-30-28(36)34(3)22-13-11-21(12-14-22)31-26(19-8-5-4-6-9-19)25-23-15-10-20(29)18-24(23)32-27(25)35/h4-6,8-15,18,31H,7,16-17H2,1-3H3,(H,30,36)(H,32,35)/b26-25-. The number of nitrogens with one attached hydrogen (secondary N) is 3. The Morgan fingerprint density at radius 3 is 2.39 bits per heavy atom. The van der Waals surface area contributed by atoms with Crippen molar-refractivity contribution in [3.8, 4) is 0 Å². The number of hydrogen-bond acceptors (Lipinski definition) is 4. The van der Waals surface area contributed by atoms with Crippen LogP contribution in [0.4, 0.5) is 21.9 Å². The van der Waals surface area contributed by atoms with E-state index in [0.717, 1.165) is 35.5 Å². The molecular formula is C28H30ClN5O2. The van der Waals surface area contributed by atoms with E-state index >= 15 is 0 Å². The van der Waals surface area contributed by atoms with Crippen LogP contribution in [0, 0.1) is 0 Å². The smallest absolute Gasteiger partial charge is 0.321 e. The topological polar surface area (TPSA) is 76.7 Å². The van der Waals surface area contributed by atoms with Crippen LogP contribution in [0.3, 0.4) is 0 Å². The zero-order chi connectivity index (χ0) is 25.7. The van der Waals surface area contributed by atoms with Crippen molar-refractivity contribution in [2.75, 3.05) is 49.8 Å². The zero-order valence-electron chi connectivity index (χ0n) is 20.6. The predicted molar refractivity (Wildman–Crippen MR) is 148 cm³/mol. The molecule has 0 radical (unpaired) electrons. The Kier molecular flexibility index (Phi) is 7.93. The Bertz CT molecular complexity index is 1270. The summed E-state index contributed by atoms with van der Waals surface area (Å²) in [4.78, 5) is 29.2. The molecule has 186 valence electrons. The molecule has 0 unspecified atom stereocenters. The molecule has 0 saturated heterocycles. The lowest BCUT2D eigenvalue weighted by Crippen LogP contribution is -2.38. The Balaban J connectivity index is 1.56. The van der Waals surface area contributed by atoms with Crippen molar-refractivity contribution in [2.24, 2.45) is 0 Å². The van der Waals surface area contributed by atoms with Crippen molar-refractivity contribution in [1.82, 2.24) is 10.2 Å². The molecule has 7 nitrogen and oxygen atoms in total. The maximum atomic E-state index is 13.0. The second kappa shape index (κ2) is 11.3. The molecule has 1 heterocycles. The van der Waals surface area contributed by atoms with Gasteiger partial charge in [-0.2, -0.15) is 0 Å². The van der Waals surface area contributed by atoms with E-state index in [9.17, 15) is 9.59 Å². The Morgan fingerprint density at radius 1 is 0.972 bits per heavy atom. The molecule has 0 aliphatic carbocycles. The van der Waals surface area contributed by atoms with Crippen LogP contribution < -0.4 is 20.9 Å². The molecule has 1 aliphatic rings. The number of fused-ring (bicyclic) bond motifs is 1. The average Bonchev–Trinajstić information content (AvgIpc) is 3.19. The van der Waals surface area contributed by atoms with Crippen LogP contribution in [0.15, 0.2) is 72.8 Å². The summed E-state index contributed by atoms with van der Waals surface area (Å²) in [6.07, 6.45) is 0.884. The summed E-state index contributed by atoms with van der Waals surface area (Å²) in [6.45, 7) is 1.53. The number of halogens is 1. The van der Waals surface area contributed by atoms with E-state index in [0.29, 0.717) is 28.5 Å². The first-order valence-corrected chi connectivity index (χ1v) is 12.2. The highest BCUT2D eigenvalue weighted by atomic mass is 35.5. The Labute approximate surface area is 216 Å². The number of amides is 3. The lowest BCUT2D eigenvalue weighted by atomic mass is 10.00. The van der Waals surface area contributed by atoms with E-state index in [1.54, 1.807) is 24.1 Å². The molecule has 36 heavy (non-hydrogen) atoms. The van der Waals surface area contributed by atoms with Crippen molar-refractivity contribution in [2.45, 2.75) is 6.42 Å². The zero-order valence-corrected chi connectivity index (χ0v) is 21.4. The minimum atomic E-state index is -0.194. The third kappa shape index (κ3) is 5.87. The summed E-state index contributed by atoms with van der Waals surface area (Å²) >= 11 is 6.14. The maximum absolute atomic E-state index is 13.0. The van der Waals surface area contributed by atoms with Gasteiger partial charge in [0.2, 0.25) is 0 Å². The second-order valence-electron chi connectivity index (χ2n) is 8.88. The van der Waals surface area contributed by atoms with Crippen LogP contribution >= 0.6 is 11.6 Å². The molecule has 3 amide bonds. The van der Waals surface area contributed by atoms with Crippen LogP contribution in [-0.4, -0.2) is 51.1 Å². The van der Waals surface area contributed by atoms with Gasteiger partial charge in [-0.15, -0.1) is 0 Å². The normalized spacial score (nSPS) is 13.8. The van der Waals surface area contributed by atoms with Crippen LogP contribution in [0.1, 0.15) is 17.5 Å². The molecule has 4 rings (SSSR count). The fourth-order valence-electron chi connectivity index (χ4n) is 4.02. The third-order valence-electron chi connectivity index (χ3n) is 5.93. The van der Waals surface area contributed by atoms with Crippen LogP contribution in [0.2, 0.25) is 5.02 Å². The number of anilines is 3. The minimum Gasteiger partial charge on any atom is -0.354 e. The highest BCUT2D eigenvalue weighted by Crippen LogP contribution is 2.38. The van der Waals surface area contributed by atoms with E-state index in [2.05, 4.69) is 20.9 Å². The summed E-state index contributed by atoms with van der Waals surface area (Å²) in [5.41, 5.74) is 5.14. The highest BCUT2D eigenvalue weighted by molar-refractivity contribution is 6.38. The molecule has 0 saturated carbocycles. The number of carbonyl (C=O) groups excluding carboxylic acids is 2. The van der Waals surface area contributed by atoms with Crippen molar-refractivity contribution in [3.05, 3.63) is 88.9 Å². The predicted octanol–water partition coefficient (Wildman–Crippen LogP) is 5.37. The summed E-state index contributed by atoms with van der Waals surface area (Å²) in [7, 11) is 5.76. The fraction of sp³-hybridized carbons (Fsp3) is 0.214. The highest BCUT2D eigenvalue weighted by Gasteiger charge is 2.28. The van der Waals surface area contributed by atoms with Gasteiger partial charge in [-0.3, -0.25) is 9.69 Å². The lowest BCUT2D eigenvalue weighted by Gasteiger charge is -2.20. The van der Waals surface area contributed by atoms with E-state index in [-0.39, 0.29) is 11.9 Å². The number of urea groups is 1. The quantitative estimate of drug-likeness (QED) is 0.285. The van der Waals surface area contributed by atoms with E-state index in [1.165, 1.54) is 0 Å². The largest absolute Gasteiger partial charge is 0.354 e. The van der Waals surface area contributed by atoms with Crippen molar-refractivity contribution < 1.29 is 9.59 Å². The summed E-state index contributed by atoms with van der Waals surface area (Å²) in [5.74, 6) is -0.194. The molecular weight excluding hydrogens is 474 g/mol. The number of hydrogen-bond donors (Lipinski definition) is 3. The van der Waals surface area contributed by atoms with Crippen molar-refractivity contribution in [1.29, 1.82) is 0 Å². The first-order valence-electron chi connectivity index (χ1n) is 11.8. The van der Waals surface area contributed by atoms with Gasteiger partial charge in [0, 0.05) is 35.6 Å². The van der Waals surface area contributed by atoms with E-state index < -0.39 is 0 Å². The second-order valence-corrected chi connectivity index (χ2v) is 9.32. The maximum Gasteiger partial charge on any atom is 0.321 e. The van der Waals surface area contributed by atoms with Crippen molar-refractivity contribution in [3.63, 3.8) is 0 Å². The Morgan fingerprint density at radius 2 is 1.69 bits per heavy atom. The minimum absolute atomic E-state index is 0.153. The number of carbonyl (C=O) groups is 2. The van der Waals surface area contributed by atoms with Crippen molar-refractivity contribution >= 4 is 51.9 Å². The summed E-state index contributed by atoms with van der Waals surface area (Å²) < 4.78 is 0.